The van der Waals surface area contributed by atoms with Crippen molar-refractivity contribution in [2.75, 3.05) is 65.4 Å². The molecule has 1 atom stereocenters. The third-order valence-corrected chi connectivity index (χ3v) is 6.02. The van der Waals surface area contributed by atoms with Gasteiger partial charge < -0.3 is 20.6 Å². The summed E-state index contributed by atoms with van der Waals surface area (Å²) in [6.07, 6.45) is 3.72. The minimum absolute atomic E-state index is 0.0274. The molecule has 172 valence electrons. The maximum absolute atomic E-state index is 12.3. The van der Waals surface area contributed by atoms with E-state index in [1.807, 2.05) is 0 Å². The van der Waals surface area contributed by atoms with Gasteiger partial charge in [-0.2, -0.15) is 0 Å². The molecule has 2 heterocycles. The van der Waals surface area contributed by atoms with Gasteiger partial charge in [-0.25, -0.2) is 0 Å². The van der Waals surface area contributed by atoms with Crippen molar-refractivity contribution < 1.29 is 19.5 Å². The molecule has 9 nitrogen and oxygen atoms in total. The zero-order valence-electron chi connectivity index (χ0n) is 18.4. The summed E-state index contributed by atoms with van der Waals surface area (Å²) >= 11 is 0. The fourth-order valence-corrected chi connectivity index (χ4v) is 4.17. The van der Waals surface area contributed by atoms with Gasteiger partial charge in [0.05, 0.1) is 6.54 Å². The summed E-state index contributed by atoms with van der Waals surface area (Å²) in [5.41, 5.74) is 0. The molecule has 0 aromatic carbocycles. The zero-order valence-corrected chi connectivity index (χ0v) is 18.4. The average molecular weight is 436 g/mol. The molecule has 0 saturated carbocycles. The molecular weight excluding hydrogens is 397 g/mol. The van der Waals surface area contributed by atoms with E-state index in [2.05, 4.69) is 32.3 Å². The molecule has 3 N–H and O–H groups in total. The van der Waals surface area contributed by atoms with Crippen molar-refractivity contribution in [3.8, 4) is 0 Å². The van der Waals surface area contributed by atoms with Crippen LogP contribution in [0.15, 0.2) is 0 Å². The summed E-state index contributed by atoms with van der Waals surface area (Å²) in [6, 6.07) is 0.459. The Hall–Kier alpha value is -1.71. The summed E-state index contributed by atoms with van der Waals surface area (Å²) in [7, 11) is 0. The topological polar surface area (TPSA) is 105 Å². The third kappa shape index (κ3) is 9.40. The van der Waals surface area contributed by atoms with Crippen molar-refractivity contribution in [2.45, 2.75) is 51.5 Å². The first kappa shape index (κ1) is 24.6. The highest BCUT2D eigenvalue weighted by Gasteiger charge is 2.28. The third-order valence-electron chi connectivity index (χ3n) is 6.02. The molecule has 0 aromatic rings. The fourth-order valence-electron chi connectivity index (χ4n) is 4.17. The highest BCUT2D eigenvalue weighted by molar-refractivity contribution is 5.78. The Morgan fingerprint density at radius 1 is 0.900 bits per heavy atom. The highest BCUT2D eigenvalue weighted by atomic mass is 16.5. The maximum Gasteiger partial charge on any atom is 0.303 e. The summed E-state index contributed by atoms with van der Waals surface area (Å²) in [6.45, 7) is 11.1. The van der Waals surface area contributed by atoms with Gasteiger partial charge in [0.1, 0.15) is 0 Å². The van der Waals surface area contributed by atoms with Crippen LogP contribution >= 0.6 is 0 Å². The minimum Gasteiger partial charge on any atom is -0.481 e. The number of likely N-dealkylation sites (tertiary alicyclic amines) is 1. The quantitative estimate of drug-likeness (QED) is 0.211. The van der Waals surface area contributed by atoms with Crippen molar-refractivity contribution in [1.29, 1.82) is 0 Å². The number of rotatable bonds is 13. The molecule has 0 radical (unpaired) electrons. The number of carbonyl (C=O) groups is 3. The van der Waals surface area contributed by atoms with Crippen molar-refractivity contribution in [2.24, 2.45) is 0 Å². The predicted molar refractivity (Wildman–Crippen MR) is 115 cm³/mol. The molecule has 0 aliphatic carbocycles. The van der Waals surface area contributed by atoms with Crippen LogP contribution in [0.4, 0.5) is 0 Å². The van der Waals surface area contributed by atoms with Gasteiger partial charge in [0.15, 0.2) is 0 Å². The average Bonchev–Trinajstić information content (AvgIpc) is 3.15. The molecule has 0 spiro atoms. The van der Waals surface area contributed by atoms with Gasteiger partial charge in [0, 0.05) is 64.7 Å². The summed E-state index contributed by atoms with van der Waals surface area (Å²) in [5.74, 6) is -0.928. The molecule has 1 unspecified atom stereocenters. The summed E-state index contributed by atoms with van der Waals surface area (Å²) < 4.78 is 0. The number of hydrogen-bond donors (Lipinski definition) is 3. The van der Waals surface area contributed by atoms with Crippen LogP contribution in [-0.4, -0.2) is 109 Å². The van der Waals surface area contributed by atoms with Gasteiger partial charge in [-0.15, -0.1) is 0 Å². The number of nitrogens with zero attached hydrogens (tertiary/aromatic N) is 3. The molecule has 2 amide bonds. The van der Waals surface area contributed by atoms with Crippen LogP contribution in [-0.2, 0) is 14.4 Å². The molecule has 2 aliphatic heterocycles. The Kier molecular flexibility index (Phi) is 11.1. The number of amides is 2. The Morgan fingerprint density at radius 3 is 2.20 bits per heavy atom. The van der Waals surface area contributed by atoms with E-state index in [0.717, 1.165) is 58.7 Å². The van der Waals surface area contributed by atoms with Crippen LogP contribution in [0.25, 0.3) is 0 Å². The Balaban J connectivity index is 1.55. The van der Waals surface area contributed by atoms with Gasteiger partial charge in [0.2, 0.25) is 11.8 Å². The first-order valence-electron chi connectivity index (χ1n) is 11.4. The largest absolute Gasteiger partial charge is 0.481 e. The van der Waals surface area contributed by atoms with E-state index in [-0.39, 0.29) is 18.2 Å². The van der Waals surface area contributed by atoms with E-state index in [9.17, 15) is 14.4 Å². The molecule has 2 rings (SSSR count). The molecule has 2 fully saturated rings. The Morgan fingerprint density at radius 2 is 1.53 bits per heavy atom. The molecule has 0 aromatic heterocycles. The minimum atomic E-state index is -0.855. The zero-order chi connectivity index (χ0) is 21.8. The molecular formula is C21H39N5O4. The van der Waals surface area contributed by atoms with Crippen LogP contribution in [0.3, 0.4) is 0 Å². The van der Waals surface area contributed by atoms with E-state index in [0.29, 0.717) is 44.9 Å². The Labute approximate surface area is 180 Å². The molecule has 2 saturated heterocycles. The monoisotopic (exact) mass is 436 g/mol. The van der Waals surface area contributed by atoms with Crippen molar-refractivity contribution in [3.63, 3.8) is 0 Å². The molecule has 9 heteroatoms. The molecule has 2 aliphatic rings. The standard InChI is InChI=1S/C21H39N5O4/c1-2-24-12-14-25(15-13-24)16-18-6-5-11-26(18)17-20(28)23-9-3-7-19(27)22-10-4-8-21(29)30/h18H,2-17H2,1H3,(H,22,27)(H,23,28)(H,29,30)/i3+1,7+1,9+1,12+1,14+1,16+1,19+1,20+1,21+1,22+1,23+1. The predicted octanol–water partition coefficient (Wildman–Crippen LogP) is -0.0343. The lowest BCUT2D eigenvalue weighted by atomic mass is 10.3. The van der Waals surface area contributed by atoms with Crippen LogP contribution in [0.2, 0.25) is 0 Å². The first-order valence-corrected chi connectivity index (χ1v) is 11.4. The van der Waals surface area contributed by atoms with Gasteiger partial charge in [0.25, 0.3) is 0 Å². The maximum atomic E-state index is 12.3. The highest BCUT2D eigenvalue weighted by Crippen LogP contribution is 2.18. The number of nitrogens with one attached hydrogen (secondary N) is 2. The van der Waals surface area contributed by atoms with E-state index in [4.69, 9.17) is 5.11 Å². The second-order valence-electron chi connectivity index (χ2n) is 8.30. The number of likely N-dealkylation sites (N-methyl/N-ethyl adjacent to an activating group) is 1. The number of hydrogen-bond acceptors (Lipinski definition) is 6. The van der Waals surface area contributed by atoms with Crippen LogP contribution < -0.4 is 10.6 Å². The van der Waals surface area contributed by atoms with Gasteiger partial charge in [-0.1, -0.05) is 6.92 Å². The number of carbonyl (C=O) groups excluding carboxylic acids is 2. The summed E-state index contributed by atoms with van der Waals surface area (Å²) in [4.78, 5) is 41.7. The lowest BCUT2D eigenvalue weighted by molar-refractivity contribution is -0.137. The summed E-state index contributed by atoms with van der Waals surface area (Å²) in [5, 5.41) is 14.2. The van der Waals surface area contributed by atoms with E-state index >= 15 is 0 Å². The lowest BCUT2D eigenvalue weighted by Gasteiger charge is -2.37. The van der Waals surface area contributed by atoms with E-state index in [1.165, 1.54) is 0 Å². The van der Waals surface area contributed by atoms with Crippen molar-refractivity contribution in [3.05, 3.63) is 0 Å². The number of aliphatic carboxylic acids is 1. The number of carboxylic acid groups (broad SMARTS) is 1. The lowest BCUT2D eigenvalue weighted by Crippen LogP contribution is -2.51. The van der Waals surface area contributed by atoms with Crippen LogP contribution in [0, 0.1) is 0 Å². The van der Waals surface area contributed by atoms with E-state index < -0.39 is 5.97 Å². The van der Waals surface area contributed by atoms with Crippen molar-refractivity contribution >= 4 is 17.8 Å². The Bertz CT molecular complexity index is 552. The fraction of sp³-hybridized carbons (Fsp3) is 0.857. The first-order chi connectivity index (χ1) is 14.5. The second kappa shape index (κ2) is 13.6. The van der Waals surface area contributed by atoms with E-state index in [1.54, 1.807) is 0 Å². The van der Waals surface area contributed by atoms with Crippen molar-refractivity contribution in [1.82, 2.24) is 25.3 Å². The van der Waals surface area contributed by atoms with Gasteiger partial charge in [-0.05, 0) is 38.8 Å². The molecule has 0 bridgehead atoms. The van der Waals surface area contributed by atoms with Crippen LogP contribution in [0.1, 0.15) is 45.4 Å². The second-order valence-corrected chi connectivity index (χ2v) is 8.30. The smallest absolute Gasteiger partial charge is 0.303 e. The van der Waals surface area contributed by atoms with Gasteiger partial charge >= 0.3 is 5.97 Å². The normalized spacial score (nSPS) is 20.9. The molecule has 30 heavy (non-hydrogen) atoms. The van der Waals surface area contributed by atoms with Gasteiger partial charge in [-0.3, -0.25) is 24.2 Å². The SMILES string of the molecule is CCN1CCN([13CH2]C2CCCN2C[13C](=O)[15NH][13CH2][13CH2][13CH2][13C](=O)[15NH]CCC[13C](=O)O)[13CH2][13CH2]1. The number of carboxylic acids is 1. The number of piperazine rings is 1. The van der Waals surface area contributed by atoms with Crippen LogP contribution in [0.5, 0.6) is 0 Å².